The summed E-state index contributed by atoms with van der Waals surface area (Å²) in [6.45, 7) is 0. The van der Waals surface area contributed by atoms with E-state index in [2.05, 4.69) is 5.32 Å². The fraction of sp³-hybridized carbons (Fsp3) is 0. The Hall–Kier alpha value is -1.52. The quantitative estimate of drug-likeness (QED) is 0.793. The molecule has 0 heterocycles. The molecule has 0 aromatic heterocycles. The molecule has 0 spiro atoms. The summed E-state index contributed by atoms with van der Waals surface area (Å²) in [5.41, 5.74) is 5.89. The van der Waals surface area contributed by atoms with Crippen LogP contribution in [-0.2, 0) is 0 Å². The fourth-order valence-corrected chi connectivity index (χ4v) is 1.88. The molecule has 3 N–H and O–H groups in total. The molecule has 0 aliphatic rings. The molecule has 0 saturated carbocycles. The molecule has 0 saturated heterocycles. The predicted octanol–water partition coefficient (Wildman–Crippen LogP) is 4.60. The molecule has 94 valence electrons. The lowest BCUT2D eigenvalue weighted by Gasteiger charge is -2.11. The van der Waals surface area contributed by atoms with Crippen LogP contribution in [0.3, 0.4) is 0 Å². The van der Waals surface area contributed by atoms with Gasteiger partial charge in [-0.3, -0.25) is 0 Å². The summed E-state index contributed by atoms with van der Waals surface area (Å²) in [6, 6.07) is 6.50. The zero-order chi connectivity index (χ0) is 13.3. The van der Waals surface area contributed by atoms with Crippen LogP contribution in [0, 0.1) is 11.6 Å². The summed E-state index contributed by atoms with van der Waals surface area (Å²) in [6.07, 6.45) is 0. The van der Waals surface area contributed by atoms with Gasteiger partial charge in [-0.2, -0.15) is 0 Å². The van der Waals surface area contributed by atoms with Crippen molar-refractivity contribution in [1.29, 1.82) is 0 Å². The first-order valence-electron chi connectivity index (χ1n) is 4.94. The number of nitrogens with one attached hydrogen (secondary N) is 1. The number of hydrogen-bond acceptors (Lipinski definition) is 2. The molecule has 0 amide bonds. The van der Waals surface area contributed by atoms with Crippen LogP contribution in [0.2, 0.25) is 10.0 Å². The minimum absolute atomic E-state index is 0.108. The van der Waals surface area contributed by atoms with Crippen molar-refractivity contribution in [3.8, 4) is 0 Å². The van der Waals surface area contributed by atoms with Gasteiger partial charge in [-0.25, -0.2) is 8.78 Å². The Labute approximate surface area is 112 Å². The average Bonchev–Trinajstić information content (AvgIpc) is 2.29. The van der Waals surface area contributed by atoms with Gasteiger partial charge in [0, 0.05) is 11.1 Å². The Morgan fingerprint density at radius 2 is 1.72 bits per heavy atom. The van der Waals surface area contributed by atoms with Crippen molar-refractivity contribution in [3.63, 3.8) is 0 Å². The van der Waals surface area contributed by atoms with E-state index in [-0.39, 0.29) is 11.4 Å². The van der Waals surface area contributed by atoms with Crippen LogP contribution in [0.25, 0.3) is 0 Å². The van der Waals surface area contributed by atoms with E-state index in [9.17, 15) is 8.78 Å². The van der Waals surface area contributed by atoms with E-state index < -0.39 is 11.6 Å². The normalized spacial score (nSPS) is 10.4. The van der Waals surface area contributed by atoms with Crippen LogP contribution in [0.15, 0.2) is 30.3 Å². The Bertz CT molecular complexity index is 603. The van der Waals surface area contributed by atoms with E-state index in [0.29, 0.717) is 21.8 Å². The molecule has 0 aliphatic heterocycles. The van der Waals surface area contributed by atoms with Gasteiger partial charge in [-0.1, -0.05) is 23.2 Å². The van der Waals surface area contributed by atoms with E-state index in [4.69, 9.17) is 28.9 Å². The smallest absolute Gasteiger partial charge is 0.151 e. The van der Waals surface area contributed by atoms with E-state index in [1.54, 1.807) is 12.1 Å². The topological polar surface area (TPSA) is 38.0 Å². The first-order valence-corrected chi connectivity index (χ1v) is 5.69. The Kier molecular flexibility index (Phi) is 3.59. The second-order valence-corrected chi connectivity index (χ2v) is 4.44. The maximum absolute atomic E-state index is 13.2. The number of nitrogen functional groups attached to an aromatic ring is 1. The standard InChI is InChI=1S/C12H8Cl2F2N2/c13-6-1-2-10(8(14)3-6)18-11-5-7(15)4-9(16)12(11)17/h1-5,18H,17H2. The van der Waals surface area contributed by atoms with Crippen molar-refractivity contribution in [3.05, 3.63) is 52.0 Å². The van der Waals surface area contributed by atoms with Crippen LogP contribution in [-0.4, -0.2) is 0 Å². The van der Waals surface area contributed by atoms with Gasteiger partial charge in [0.2, 0.25) is 0 Å². The van der Waals surface area contributed by atoms with Crippen molar-refractivity contribution >= 4 is 40.3 Å². The molecule has 0 atom stereocenters. The molecule has 6 heteroatoms. The van der Waals surface area contributed by atoms with Crippen LogP contribution in [0.5, 0.6) is 0 Å². The molecule has 2 rings (SSSR count). The summed E-state index contributed by atoms with van der Waals surface area (Å²) >= 11 is 11.7. The van der Waals surface area contributed by atoms with Crippen molar-refractivity contribution < 1.29 is 8.78 Å². The molecule has 2 nitrogen and oxygen atoms in total. The molecule has 2 aromatic rings. The van der Waals surface area contributed by atoms with E-state index in [1.807, 2.05) is 0 Å². The zero-order valence-corrected chi connectivity index (χ0v) is 10.5. The Morgan fingerprint density at radius 3 is 2.39 bits per heavy atom. The lowest BCUT2D eigenvalue weighted by molar-refractivity contribution is 0.587. The third kappa shape index (κ3) is 2.66. The van der Waals surface area contributed by atoms with E-state index in [0.717, 1.165) is 6.07 Å². The van der Waals surface area contributed by atoms with Crippen LogP contribution >= 0.6 is 23.2 Å². The van der Waals surface area contributed by atoms with Crippen molar-refractivity contribution in [1.82, 2.24) is 0 Å². The second kappa shape index (κ2) is 5.00. The highest BCUT2D eigenvalue weighted by Gasteiger charge is 2.10. The molecule has 0 radical (unpaired) electrons. The van der Waals surface area contributed by atoms with E-state index >= 15 is 0 Å². The van der Waals surface area contributed by atoms with Crippen molar-refractivity contribution in [2.24, 2.45) is 0 Å². The maximum Gasteiger partial charge on any atom is 0.151 e. The molecule has 2 aromatic carbocycles. The number of rotatable bonds is 2. The summed E-state index contributed by atoms with van der Waals surface area (Å²) in [5, 5.41) is 3.54. The van der Waals surface area contributed by atoms with Crippen LogP contribution < -0.4 is 11.1 Å². The number of halogens is 4. The van der Waals surface area contributed by atoms with Gasteiger partial charge in [-0.15, -0.1) is 0 Å². The van der Waals surface area contributed by atoms with Gasteiger partial charge in [0.1, 0.15) is 5.82 Å². The van der Waals surface area contributed by atoms with Gasteiger partial charge in [0.05, 0.1) is 22.1 Å². The second-order valence-electron chi connectivity index (χ2n) is 3.60. The lowest BCUT2D eigenvalue weighted by atomic mass is 10.2. The van der Waals surface area contributed by atoms with Gasteiger partial charge in [-0.05, 0) is 24.3 Å². The third-order valence-electron chi connectivity index (χ3n) is 2.29. The van der Waals surface area contributed by atoms with Crippen LogP contribution in [0.1, 0.15) is 0 Å². The number of nitrogens with two attached hydrogens (primary N) is 1. The highest BCUT2D eigenvalue weighted by molar-refractivity contribution is 6.36. The number of hydrogen-bond donors (Lipinski definition) is 2. The molecular weight excluding hydrogens is 281 g/mol. The van der Waals surface area contributed by atoms with E-state index in [1.165, 1.54) is 6.07 Å². The molecule has 0 bridgehead atoms. The van der Waals surface area contributed by atoms with Gasteiger partial charge in [0.15, 0.2) is 5.82 Å². The first-order chi connectivity index (χ1) is 8.47. The van der Waals surface area contributed by atoms with Crippen molar-refractivity contribution in [2.75, 3.05) is 11.1 Å². The highest BCUT2D eigenvalue weighted by Crippen LogP contribution is 2.31. The summed E-state index contributed by atoms with van der Waals surface area (Å²) in [7, 11) is 0. The average molecular weight is 289 g/mol. The van der Waals surface area contributed by atoms with Crippen molar-refractivity contribution in [2.45, 2.75) is 0 Å². The van der Waals surface area contributed by atoms with Gasteiger partial charge >= 0.3 is 0 Å². The van der Waals surface area contributed by atoms with Crippen LogP contribution in [0.4, 0.5) is 25.8 Å². The molecule has 0 aliphatic carbocycles. The first kappa shape index (κ1) is 12.9. The highest BCUT2D eigenvalue weighted by atomic mass is 35.5. The largest absolute Gasteiger partial charge is 0.395 e. The molecular formula is C12H8Cl2F2N2. The van der Waals surface area contributed by atoms with Gasteiger partial charge < -0.3 is 11.1 Å². The lowest BCUT2D eigenvalue weighted by Crippen LogP contribution is -2.00. The number of anilines is 3. The minimum Gasteiger partial charge on any atom is -0.395 e. The fourth-order valence-electron chi connectivity index (χ4n) is 1.42. The molecule has 0 unspecified atom stereocenters. The summed E-state index contributed by atoms with van der Waals surface area (Å²) in [4.78, 5) is 0. The maximum atomic E-state index is 13.2. The zero-order valence-electron chi connectivity index (χ0n) is 8.98. The summed E-state index contributed by atoms with van der Waals surface area (Å²) in [5.74, 6) is -1.56. The Balaban J connectivity index is 2.40. The predicted molar refractivity (Wildman–Crippen MR) is 70.5 cm³/mol. The monoisotopic (exact) mass is 288 g/mol. The summed E-state index contributed by atoms with van der Waals surface area (Å²) < 4.78 is 26.3. The third-order valence-corrected chi connectivity index (χ3v) is 2.84. The molecule has 18 heavy (non-hydrogen) atoms. The number of benzene rings is 2. The minimum atomic E-state index is -0.831. The van der Waals surface area contributed by atoms with Gasteiger partial charge in [0.25, 0.3) is 0 Å². The SMILES string of the molecule is Nc1c(F)cc(F)cc1Nc1ccc(Cl)cc1Cl. The molecule has 0 fully saturated rings. The Morgan fingerprint density at radius 1 is 1.00 bits per heavy atom.